The third kappa shape index (κ3) is 6.70. The fraction of sp³-hybridized carbons (Fsp3) is 0.154. The number of nitrogens with one attached hydrogen (secondary N) is 1. The lowest BCUT2D eigenvalue weighted by molar-refractivity contribution is -0.119. The summed E-state index contributed by atoms with van der Waals surface area (Å²) in [7, 11) is -2.46. The van der Waals surface area contributed by atoms with Crippen molar-refractivity contribution in [3.63, 3.8) is 0 Å². The number of amides is 1. The molecule has 0 aliphatic carbocycles. The normalized spacial score (nSPS) is 11.1. The molecule has 8 nitrogen and oxygen atoms in total. The number of ether oxygens (including phenoxy) is 2. The quantitative estimate of drug-likeness (QED) is 0.248. The number of carbonyl (C=O) groups is 1. The molecule has 0 aromatic heterocycles. The number of hydrogen-bond acceptors (Lipinski definition) is 6. The van der Waals surface area contributed by atoms with Crippen LogP contribution in [0.25, 0.3) is 0 Å². The van der Waals surface area contributed by atoms with E-state index in [0.717, 1.165) is 9.87 Å². The molecule has 1 amide bonds. The first-order valence-electron chi connectivity index (χ1n) is 10.7. The van der Waals surface area contributed by atoms with Gasteiger partial charge < -0.3 is 9.47 Å². The van der Waals surface area contributed by atoms with Gasteiger partial charge in [0.2, 0.25) is 0 Å². The minimum absolute atomic E-state index is 0.0918. The molecule has 0 radical (unpaired) electrons. The number of nitrogens with zero attached hydrogens (tertiary/aromatic N) is 2. The molecule has 1 N–H and O–H groups in total. The Morgan fingerprint density at radius 3 is 2.43 bits per heavy atom. The number of hydrazone groups is 1. The van der Waals surface area contributed by atoms with E-state index < -0.39 is 22.5 Å². The monoisotopic (exact) mass is 493 g/mol. The Labute approximate surface area is 205 Å². The second kappa shape index (κ2) is 11.8. The zero-order valence-corrected chi connectivity index (χ0v) is 20.4. The third-order valence-corrected chi connectivity index (χ3v) is 6.68. The summed E-state index contributed by atoms with van der Waals surface area (Å²) in [4.78, 5) is 12.8. The predicted octanol–water partition coefficient (Wildman–Crippen LogP) is 3.91. The molecular weight excluding hydrogens is 466 g/mol. The molecule has 182 valence electrons. The maximum atomic E-state index is 13.3. The van der Waals surface area contributed by atoms with E-state index in [1.54, 1.807) is 66.7 Å². The van der Waals surface area contributed by atoms with Gasteiger partial charge in [-0.1, -0.05) is 48.6 Å². The Bertz CT molecular complexity index is 1290. The topological polar surface area (TPSA) is 97.3 Å². The molecule has 0 atom stereocenters. The standard InChI is InChI=1S/C26H27N3O5S/c1-4-16-34-24-15-12-21(17-25(24)33-3)18-27-28-26(30)19-29(22-8-6-5-7-9-22)35(31,32)23-13-10-20(2)11-14-23/h4-15,17-18H,1,16,19H2,2-3H3,(H,28,30)/b27-18-. The highest BCUT2D eigenvalue weighted by atomic mass is 32.2. The predicted molar refractivity (Wildman–Crippen MR) is 137 cm³/mol. The van der Waals surface area contributed by atoms with Crippen LogP contribution in [-0.4, -0.2) is 40.8 Å². The molecule has 0 bridgehead atoms. The van der Waals surface area contributed by atoms with Crippen LogP contribution in [0.5, 0.6) is 11.5 Å². The second-order valence-corrected chi connectivity index (χ2v) is 9.33. The van der Waals surface area contributed by atoms with Gasteiger partial charge in [-0.15, -0.1) is 0 Å². The van der Waals surface area contributed by atoms with Crippen LogP contribution < -0.4 is 19.2 Å². The van der Waals surface area contributed by atoms with Crippen molar-refractivity contribution in [2.75, 3.05) is 24.6 Å². The Hall–Kier alpha value is -4.11. The van der Waals surface area contributed by atoms with Crippen LogP contribution in [0.15, 0.2) is 95.4 Å². The average molecular weight is 494 g/mol. The first-order valence-corrected chi connectivity index (χ1v) is 12.2. The molecule has 0 aliphatic heterocycles. The van der Waals surface area contributed by atoms with Crippen LogP contribution in [0.3, 0.4) is 0 Å². The van der Waals surface area contributed by atoms with Gasteiger partial charge in [0.05, 0.1) is 23.9 Å². The molecule has 0 fully saturated rings. The van der Waals surface area contributed by atoms with Crippen molar-refractivity contribution >= 4 is 27.8 Å². The van der Waals surface area contributed by atoms with Crippen molar-refractivity contribution < 1.29 is 22.7 Å². The van der Waals surface area contributed by atoms with Crippen LogP contribution >= 0.6 is 0 Å². The number of benzene rings is 3. The van der Waals surface area contributed by atoms with E-state index in [-0.39, 0.29) is 4.90 Å². The molecule has 0 heterocycles. The summed E-state index contributed by atoms with van der Waals surface area (Å²) in [5.41, 5.74) is 4.34. The summed E-state index contributed by atoms with van der Waals surface area (Å²) < 4.78 is 38.5. The van der Waals surface area contributed by atoms with Crippen LogP contribution in [0, 0.1) is 6.92 Å². The smallest absolute Gasteiger partial charge is 0.264 e. The summed E-state index contributed by atoms with van der Waals surface area (Å²) in [5.74, 6) is 0.452. The maximum Gasteiger partial charge on any atom is 0.264 e. The van der Waals surface area contributed by atoms with Crippen LogP contribution in [0.4, 0.5) is 5.69 Å². The molecule has 0 unspecified atom stereocenters. The number of rotatable bonds is 11. The van der Waals surface area contributed by atoms with Gasteiger partial charge in [-0.2, -0.15) is 5.10 Å². The van der Waals surface area contributed by atoms with Gasteiger partial charge in [0, 0.05) is 0 Å². The van der Waals surface area contributed by atoms with Gasteiger partial charge in [0.1, 0.15) is 13.2 Å². The van der Waals surface area contributed by atoms with Crippen molar-refractivity contribution in [1.82, 2.24) is 5.43 Å². The van der Waals surface area contributed by atoms with Crippen LogP contribution in [0.1, 0.15) is 11.1 Å². The van der Waals surface area contributed by atoms with E-state index in [9.17, 15) is 13.2 Å². The number of hydrogen-bond donors (Lipinski definition) is 1. The lowest BCUT2D eigenvalue weighted by Crippen LogP contribution is -2.39. The van der Waals surface area contributed by atoms with Gasteiger partial charge in [-0.3, -0.25) is 9.10 Å². The molecule has 3 aromatic rings. The lowest BCUT2D eigenvalue weighted by atomic mass is 10.2. The Morgan fingerprint density at radius 2 is 1.77 bits per heavy atom. The van der Waals surface area contributed by atoms with E-state index in [4.69, 9.17) is 9.47 Å². The second-order valence-electron chi connectivity index (χ2n) is 7.46. The Balaban J connectivity index is 1.76. The Morgan fingerprint density at radius 1 is 1.06 bits per heavy atom. The number of methoxy groups -OCH3 is 1. The summed E-state index contributed by atoms with van der Waals surface area (Å²) in [6, 6.07) is 20.1. The summed E-state index contributed by atoms with van der Waals surface area (Å²) in [5, 5.41) is 3.96. The molecule has 3 aromatic carbocycles. The minimum Gasteiger partial charge on any atom is -0.493 e. The number of anilines is 1. The van der Waals surface area contributed by atoms with Crippen LogP contribution in [-0.2, 0) is 14.8 Å². The number of aryl methyl sites for hydroxylation is 1. The van der Waals surface area contributed by atoms with E-state index in [0.29, 0.717) is 29.4 Å². The van der Waals surface area contributed by atoms with Gasteiger partial charge >= 0.3 is 0 Å². The first-order chi connectivity index (χ1) is 16.8. The van der Waals surface area contributed by atoms with Gasteiger partial charge in [0.25, 0.3) is 15.9 Å². The maximum absolute atomic E-state index is 13.3. The SMILES string of the molecule is C=CCOc1ccc(/C=N\NC(=O)CN(c2ccccc2)S(=O)(=O)c2ccc(C)cc2)cc1OC. The molecule has 3 rings (SSSR count). The van der Waals surface area contributed by atoms with E-state index >= 15 is 0 Å². The summed E-state index contributed by atoms with van der Waals surface area (Å²) in [6.45, 7) is 5.37. The molecule has 35 heavy (non-hydrogen) atoms. The largest absolute Gasteiger partial charge is 0.493 e. The van der Waals surface area contributed by atoms with E-state index in [1.165, 1.54) is 25.5 Å². The van der Waals surface area contributed by atoms with E-state index in [1.807, 2.05) is 6.92 Å². The molecule has 0 aliphatic rings. The summed E-state index contributed by atoms with van der Waals surface area (Å²) >= 11 is 0. The average Bonchev–Trinajstić information content (AvgIpc) is 2.87. The zero-order chi connectivity index (χ0) is 25.3. The van der Waals surface area contributed by atoms with Gasteiger partial charge in [0.15, 0.2) is 11.5 Å². The zero-order valence-electron chi connectivity index (χ0n) is 19.5. The highest BCUT2D eigenvalue weighted by Gasteiger charge is 2.27. The Kier molecular flexibility index (Phi) is 8.63. The highest BCUT2D eigenvalue weighted by Crippen LogP contribution is 2.27. The number of carbonyl (C=O) groups excluding carboxylic acids is 1. The molecular formula is C26H27N3O5S. The van der Waals surface area contributed by atoms with Gasteiger partial charge in [-0.05, 0) is 55.0 Å². The lowest BCUT2D eigenvalue weighted by Gasteiger charge is -2.23. The van der Waals surface area contributed by atoms with Crippen LogP contribution in [0.2, 0.25) is 0 Å². The number of para-hydroxylation sites is 1. The first kappa shape index (κ1) is 25.5. The minimum atomic E-state index is -3.98. The molecule has 9 heteroatoms. The van der Waals surface area contributed by atoms with Crippen molar-refractivity contribution in [3.05, 3.63) is 96.6 Å². The third-order valence-electron chi connectivity index (χ3n) is 4.89. The fourth-order valence-corrected chi connectivity index (χ4v) is 4.54. The molecule has 0 saturated heterocycles. The van der Waals surface area contributed by atoms with Crippen molar-refractivity contribution in [1.29, 1.82) is 0 Å². The highest BCUT2D eigenvalue weighted by molar-refractivity contribution is 7.92. The fourth-order valence-electron chi connectivity index (χ4n) is 3.12. The number of sulfonamides is 1. The van der Waals surface area contributed by atoms with Crippen molar-refractivity contribution in [2.45, 2.75) is 11.8 Å². The van der Waals surface area contributed by atoms with Gasteiger partial charge in [-0.25, -0.2) is 13.8 Å². The van der Waals surface area contributed by atoms with E-state index in [2.05, 4.69) is 17.1 Å². The van der Waals surface area contributed by atoms with Crippen molar-refractivity contribution in [2.24, 2.45) is 5.10 Å². The summed E-state index contributed by atoms with van der Waals surface area (Å²) in [6.07, 6.45) is 3.06. The molecule has 0 saturated carbocycles. The van der Waals surface area contributed by atoms with Crippen molar-refractivity contribution in [3.8, 4) is 11.5 Å². The molecule has 0 spiro atoms.